The van der Waals surface area contributed by atoms with Gasteiger partial charge < -0.3 is 15.0 Å². The van der Waals surface area contributed by atoms with Gasteiger partial charge >= 0.3 is 5.97 Å². The molecule has 2 N–H and O–H groups in total. The van der Waals surface area contributed by atoms with Crippen molar-refractivity contribution in [1.82, 2.24) is 14.5 Å². The summed E-state index contributed by atoms with van der Waals surface area (Å²) in [4.78, 5) is 31.1. The zero-order valence-electron chi connectivity index (χ0n) is 11.8. The number of carboxylic acids is 1. The lowest BCUT2D eigenvalue weighted by Gasteiger charge is -2.11. The Bertz CT molecular complexity index is 709. The van der Waals surface area contributed by atoms with Crippen molar-refractivity contribution < 1.29 is 9.90 Å². The zero-order valence-corrected chi connectivity index (χ0v) is 11.8. The van der Waals surface area contributed by atoms with Crippen LogP contribution < -0.4 is 10.9 Å². The number of carboxylic acid groups (broad SMARTS) is 1. The topological polar surface area (TPSA) is 97.1 Å². The molecule has 0 spiro atoms. The fourth-order valence-corrected chi connectivity index (χ4v) is 1.83. The van der Waals surface area contributed by atoms with Crippen molar-refractivity contribution in [2.75, 3.05) is 5.32 Å². The van der Waals surface area contributed by atoms with Gasteiger partial charge in [0, 0.05) is 24.6 Å². The van der Waals surface area contributed by atoms with Gasteiger partial charge in [0.15, 0.2) is 5.82 Å². The van der Waals surface area contributed by atoms with E-state index in [4.69, 9.17) is 5.11 Å². The molecule has 0 aliphatic heterocycles. The van der Waals surface area contributed by atoms with Gasteiger partial charge in [-0.05, 0) is 26.0 Å². The minimum Gasteiger partial charge on any atom is -0.478 e. The van der Waals surface area contributed by atoms with Gasteiger partial charge in [0.1, 0.15) is 0 Å². The minimum atomic E-state index is -1.02. The first kappa shape index (κ1) is 14.7. The maximum absolute atomic E-state index is 12.1. The average molecular weight is 288 g/mol. The lowest BCUT2D eigenvalue weighted by Crippen LogP contribution is -2.25. The minimum absolute atomic E-state index is 0.0366. The molecule has 0 aliphatic carbocycles. The molecule has 0 aromatic carbocycles. The first-order chi connectivity index (χ1) is 9.99. The van der Waals surface area contributed by atoms with Crippen LogP contribution in [0.4, 0.5) is 5.82 Å². The lowest BCUT2D eigenvalue weighted by atomic mass is 10.2. The number of nitrogens with one attached hydrogen (secondary N) is 1. The monoisotopic (exact) mass is 288 g/mol. The molecule has 0 fully saturated rings. The molecule has 0 saturated carbocycles. The lowest BCUT2D eigenvalue weighted by molar-refractivity contribution is 0.0696. The Balaban J connectivity index is 2.17. The van der Waals surface area contributed by atoms with E-state index in [0.29, 0.717) is 5.69 Å². The molecule has 7 nitrogen and oxygen atoms in total. The Morgan fingerprint density at radius 3 is 2.81 bits per heavy atom. The Morgan fingerprint density at radius 1 is 1.38 bits per heavy atom. The quantitative estimate of drug-likeness (QED) is 0.866. The van der Waals surface area contributed by atoms with Crippen LogP contribution >= 0.6 is 0 Å². The summed E-state index contributed by atoms with van der Waals surface area (Å²) in [6.45, 7) is 4.04. The molecular weight excluding hydrogens is 272 g/mol. The number of rotatable bonds is 5. The van der Waals surface area contributed by atoms with Gasteiger partial charge in [0.05, 0.1) is 17.8 Å². The summed E-state index contributed by atoms with van der Waals surface area (Å²) in [7, 11) is 0. The van der Waals surface area contributed by atoms with Gasteiger partial charge in [0.2, 0.25) is 0 Å². The van der Waals surface area contributed by atoms with E-state index in [2.05, 4.69) is 15.3 Å². The normalized spacial score (nSPS) is 10.6. The van der Waals surface area contributed by atoms with Crippen molar-refractivity contribution in [1.29, 1.82) is 0 Å². The number of hydrogen-bond acceptors (Lipinski definition) is 5. The van der Waals surface area contributed by atoms with Crippen molar-refractivity contribution in [2.45, 2.75) is 26.4 Å². The van der Waals surface area contributed by atoms with E-state index in [1.54, 1.807) is 17.0 Å². The Kier molecular flexibility index (Phi) is 4.32. The molecule has 7 heteroatoms. The number of aromatic carboxylic acids is 1. The van der Waals surface area contributed by atoms with E-state index in [1.165, 1.54) is 18.3 Å². The predicted molar refractivity (Wildman–Crippen MR) is 77.4 cm³/mol. The second-order valence-electron chi connectivity index (χ2n) is 4.78. The average Bonchev–Trinajstić information content (AvgIpc) is 2.46. The maximum Gasteiger partial charge on any atom is 0.335 e. The van der Waals surface area contributed by atoms with Crippen LogP contribution in [-0.4, -0.2) is 25.6 Å². The van der Waals surface area contributed by atoms with Crippen molar-refractivity contribution >= 4 is 11.8 Å². The van der Waals surface area contributed by atoms with E-state index in [-0.39, 0.29) is 29.5 Å². The molecule has 0 radical (unpaired) electrons. The van der Waals surface area contributed by atoms with E-state index < -0.39 is 5.97 Å². The van der Waals surface area contributed by atoms with Gasteiger partial charge in [-0.15, -0.1) is 0 Å². The molecule has 0 unspecified atom stereocenters. The van der Waals surface area contributed by atoms with Crippen molar-refractivity contribution in [3.8, 4) is 0 Å². The number of hydrogen-bond donors (Lipinski definition) is 2. The Labute approximate surface area is 121 Å². The van der Waals surface area contributed by atoms with E-state index in [9.17, 15) is 9.59 Å². The molecule has 0 bridgehead atoms. The SMILES string of the molecule is CC(C)n1ccnc(NCc2cc(C(=O)O)ccn2)c1=O. The Morgan fingerprint density at radius 2 is 2.14 bits per heavy atom. The summed E-state index contributed by atoms with van der Waals surface area (Å²) < 4.78 is 1.57. The van der Waals surface area contributed by atoms with E-state index in [0.717, 1.165) is 0 Å². The number of carbonyl (C=O) groups is 1. The van der Waals surface area contributed by atoms with Crippen LogP contribution in [0.25, 0.3) is 0 Å². The molecule has 21 heavy (non-hydrogen) atoms. The van der Waals surface area contributed by atoms with Gasteiger partial charge in [-0.2, -0.15) is 0 Å². The summed E-state index contributed by atoms with van der Waals surface area (Å²) in [6, 6.07) is 2.91. The van der Waals surface area contributed by atoms with Gasteiger partial charge in [-0.1, -0.05) is 0 Å². The fraction of sp³-hybridized carbons (Fsp3) is 0.286. The predicted octanol–water partition coefficient (Wildman–Crippen LogP) is 1.53. The van der Waals surface area contributed by atoms with Crippen molar-refractivity contribution in [2.24, 2.45) is 0 Å². The highest BCUT2D eigenvalue weighted by Crippen LogP contribution is 2.05. The summed E-state index contributed by atoms with van der Waals surface area (Å²) in [5.41, 5.74) is 0.459. The molecule has 0 aliphatic rings. The molecule has 110 valence electrons. The Hall–Kier alpha value is -2.70. The molecule has 2 heterocycles. The van der Waals surface area contributed by atoms with E-state index >= 15 is 0 Å². The first-order valence-corrected chi connectivity index (χ1v) is 6.48. The smallest absolute Gasteiger partial charge is 0.335 e. The zero-order chi connectivity index (χ0) is 15.4. The highest BCUT2D eigenvalue weighted by molar-refractivity contribution is 5.87. The molecule has 2 rings (SSSR count). The number of anilines is 1. The van der Waals surface area contributed by atoms with Crippen LogP contribution in [-0.2, 0) is 6.54 Å². The molecule has 2 aromatic rings. The standard InChI is InChI=1S/C14H16N4O3/c1-9(2)18-6-5-16-12(13(18)19)17-8-11-7-10(14(20)21)3-4-15-11/h3-7,9H,8H2,1-2H3,(H,16,17)(H,20,21). The number of pyridine rings is 1. The van der Waals surface area contributed by atoms with Crippen molar-refractivity contribution in [3.05, 3.63) is 52.3 Å². The second-order valence-corrected chi connectivity index (χ2v) is 4.78. The number of nitrogens with zero attached hydrogens (tertiary/aromatic N) is 3. The van der Waals surface area contributed by atoms with Gasteiger partial charge in [-0.3, -0.25) is 9.78 Å². The van der Waals surface area contributed by atoms with Crippen LogP contribution in [0.2, 0.25) is 0 Å². The maximum atomic E-state index is 12.1. The van der Waals surface area contributed by atoms with Crippen LogP contribution in [0.3, 0.4) is 0 Å². The van der Waals surface area contributed by atoms with Crippen LogP contribution in [0, 0.1) is 0 Å². The molecule has 2 aromatic heterocycles. The van der Waals surface area contributed by atoms with E-state index in [1.807, 2.05) is 13.8 Å². The molecule has 0 saturated heterocycles. The first-order valence-electron chi connectivity index (χ1n) is 6.48. The summed E-state index contributed by atoms with van der Waals surface area (Å²) >= 11 is 0. The van der Waals surface area contributed by atoms with Gasteiger partial charge in [0.25, 0.3) is 5.56 Å². The molecule has 0 atom stereocenters. The van der Waals surface area contributed by atoms with Crippen LogP contribution in [0.1, 0.15) is 35.9 Å². The third kappa shape index (κ3) is 3.44. The van der Waals surface area contributed by atoms with Gasteiger partial charge in [-0.25, -0.2) is 9.78 Å². The van der Waals surface area contributed by atoms with Crippen LogP contribution in [0.5, 0.6) is 0 Å². The fourth-order valence-electron chi connectivity index (χ4n) is 1.83. The highest BCUT2D eigenvalue weighted by atomic mass is 16.4. The molecule has 0 amide bonds. The summed E-state index contributed by atoms with van der Waals surface area (Å²) in [5.74, 6) is -0.799. The van der Waals surface area contributed by atoms with Crippen molar-refractivity contribution in [3.63, 3.8) is 0 Å². The third-order valence-corrected chi connectivity index (χ3v) is 2.92. The summed E-state index contributed by atoms with van der Waals surface area (Å²) in [6.07, 6.45) is 4.59. The molecular formula is C14H16N4O3. The second kappa shape index (κ2) is 6.17. The largest absolute Gasteiger partial charge is 0.478 e. The summed E-state index contributed by atoms with van der Waals surface area (Å²) in [5, 5.41) is 11.8. The third-order valence-electron chi connectivity index (χ3n) is 2.92. The highest BCUT2D eigenvalue weighted by Gasteiger charge is 2.08. The van der Waals surface area contributed by atoms with Crippen LogP contribution in [0.15, 0.2) is 35.5 Å². The number of aromatic nitrogens is 3.